The van der Waals surface area contributed by atoms with Gasteiger partial charge in [0.05, 0.1) is 11.6 Å². The summed E-state index contributed by atoms with van der Waals surface area (Å²) in [6.07, 6.45) is 0.336. The standard InChI is InChI=1S/C25H30FN3O6S/c1-15(2)34-21-12-16(6-9-22(21)36(32,33)28-11-10-23(27)30)19-14-29(24(31)35-25(3,4)5)20-13-17(26)7-8-18(19)20/h6-9,12-15,28H,10-11H2,1-5H3,(H2,27,30). The van der Waals surface area contributed by atoms with Crippen molar-refractivity contribution < 1.29 is 31.9 Å². The summed E-state index contributed by atoms with van der Waals surface area (Å²) < 4.78 is 54.7. The van der Waals surface area contributed by atoms with E-state index >= 15 is 0 Å². The van der Waals surface area contributed by atoms with E-state index in [1.165, 1.54) is 29.0 Å². The molecule has 0 unspecified atom stereocenters. The van der Waals surface area contributed by atoms with Crippen molar-refractivity contribution >= 4 is 32.9 Å². The largest absolute Gasteiger partial charge is 0.490 e. The number of nitrogens with zero attached hydrogens (tertiary/aromatic N) is 1. The van der Waals surface area contributed by atoms with Gasteiger partial charge in [0.1, 0.15) is 22.1 Å². The minimum atomic E-state index is -4.02. The van der Waals surface area contributed by atoms with E-state index < -0.39 is 33.4 Å². The Morgan fingerprint density at radius 2 is 1.83 bits per heavy atom. The van der Waals surface area contributed by atoms with E-state index in [2.05, 4.69) is 4.72 Å². The fourth-order valence-corrected chi connectivity index (χ4v) is 4.67. The average Bonchev–Trinajstić information content (AvgIpc) is 3.10. The molecule has 1 amide bonds. The summed E-state index contributed by atoms with van der Waals surface area (Å²) in [5, 5.41) is 0.563. The molecule has 9 nitrogen and oxygen atoms in total. The van der Waals surface area contributed by atoms with Crippen LogP contribution in [0.3, 0.4) is 0 Å². The van der Waals surface area contributed by atoms with E-state index in [4.69, 9.17) is 15.2 Å². The molecule has 1 heterocycles. The Kier molecular flexibility index (Phi) is 7.75. The molecule has 0 atom stereocenters. The van der Waals surface area contributed by atoms with Crippen LogP contribution < -0.4 is 15.2 Å². The molecule has 3 aromatic rings. The highest BCUT2D eigenvalue weighted by Gasteiger charge is 2.24. The van der Waals surface area contributed by atoms with Gasteiger partial charge in [-0.15, -0.1) is 0 Å². The molecule has 194 valence electrons. The maximum atomic E-state index is 14.1. The van der Waals surface area contributed by atoms with E-state index in [1.54, 1.807) is 52.8 Å². The summed E-state index contributed by atoms with van der Waals surface area (Å²) in [5.41, 5.74) is 5.72. The number of hydrogen-bond donors (Lipinski definition) is 2. The van der Waals surface area contributed by atoms with Gasteiger partial charge in [-0.1, -0.05) is 6.07 Å². The second-order valence-corrected chi connectivity index (χ2v) is 11.2. The van der Waals surface area contributed by atoms with Crippen molar-refractivity contribution in [3.63, 3.8) is 0 Å². The number of halogens is 1. The quantitative estimate of drug-likeness (QED) is 0.459. The zero-order chi connectivity index (χ0) is 26.8. The van der Waals surface area contributed by atoms with Gasteiger partial charge in [-0.25, -0.2) is 22.3 Å². The number of nitrogens with two attached hydrogens (primary N) is 1. The smallest absolute Gasteiger partial charge is 0.419 e. The number of sulfonamides is 1. The van der Waals surface area contributed by atoms with Crippen molar-refractivity contribution in [2.24, 2.45) is 5.73 Å². The Morgan fingerprint density at radius 3 is 2.44 bits per heavy atom. The van der Waals surface area contributed by atoms with Crippen LogP contribution >= 0.6 is 0 Å². The molecule has 0 aliphatic heterocycles. The average molecular weight is 520 g/mol. The number of primary amides is 1. The lowest BCUT2D eigenvalue weighted by Gasteiger charge is -2.19. The first-order chi connectivity index (χ1) is 16.7. The normalized spacial score (nSPS) is 12.2. The maximum absolute atomic E-state index is 14.1. The second kappa shape index (κ2) is 10.3. The summed E-state index contributed by atoms with van der Waals surface area (Å²) in [6, 6.07) is 8.53. The molecule has 0 aliphatic carbocycles. The summed E-state index contributed by atoms with van der Waals surface area (Å²) in [7, 11) is -4.02. The van der Waals surface area contributed by atoms with Crippen molar-refractivity contribution in [3.8, 4) is 16.9 Å². The molecule has 0 spiro atoms. The van der Waals surface area contributed by atoms with E-state index in [-0.39, 0.29) is 29.7 Å². The van der Waals surface area contributed by atoms with Crippen molar-refractivity contribution in [1.82, 2.24) is 9.29 Å². The Balaban J connectivity index is 2.13. The molecule has 36 heavy (non-hydrogen) atoms. The Labute approximate surface area is 209 Å². The molecular formula is C25H30FN3O6S. The van der Waals surface area contributed by atoms with E-state index in [0.29, 0.717) is 22.0 Å². The minimum absolute atomic E-state index is 0.0781. The number of fused-ring (bicyclic) bond motifs is 1. The lowest BCUT2D eigenvalue weighted by atomic mass is 10.0. The van der Waals surface area contributed by atoms with Gasteiger partial charge < -0.3 is 15.2 Å². The number of benzene rings is 2. The van der Waals surface area contributed by atoms with Crippen LogP contribution in [0.4, 0.5) is 9.18 Å². The Bertz CT molecular complexity index is 1410. The third-order valence-electron chi connectivity index (χ3n) is 4.93. The fourth-order valence-electron chi connectivity index (χ4n) is 3.52. The SMILES string of the molecule is CC(C)Oc1cc(-c2cn(C(=O)OC(C)(C)C)c3cc(F)ccc23)ccc1S(=O)(=O)NCCC(N)=O. The third-order valence-corrected chi connectivity index (χ3v) is 6.43. The van der Waals surface area contributed by atoms with Crippen molar-refractivity contribution in [3.05, 3.63) is 48.4 Å². The third kappa shape index (κ3) is 6.41. The van der Waals surface area contributed by atoms with Crippen molar-refractivity contribution in [2.75, 3.05) is 6.54 Å². The number of aromatic nitrogens is 1. The van der Waals surface area contributed by atoms with Crippen LogP contribution in [0, 0.1) is 5.82 Å². The van der Waals surface area contributed by atoms with Crippen molar-refractivity contribution in [1.29, 1.82) is 0 Å². The lowest BCUT2D eigenvalue weighted by Crippen LogP contribution is -2.28. The van der Waals surface area contributed by atoms with Gasteiger partial charge >= 0.3 is 6.09 Å². The van der Waals surface area contributed by atoms with Gasteiger partial charge in [-0.05, 0) is 70.5 Å². The predicted octanol–water partition coefficient (Wildman–Crippen LogP) is 4.17. The molecule has 0 saturated carbocycles. The first-order valence-corrected chi connectivity index (χ1v) is 12.8. The monoisotopic (exact) mass is 519 g/mol. The molecule has 0 bridgehead atoms. The highest BCUT2D eigenvalue weighted by Crippen LogP contribution is 2.36. The second-order valence-electron chi connectivity index (χ2n) is 9.50. The number of rotatable bonds is 8. The van der Waals surface area contributed by atoms with Gasteiger partial charge in [0.15, 0.2) is 0 Å². The summed E-state index contributed by atoms with van der Waals surface area (Å²) in [6.45, 7) is 8.52. The summed E-state index contributed by atoms with van der Waals surface area (Å²) >= 11 is 0. The number of carbonyl (C=O) groups is 2. The lowest BCUT2D eigenvalue weighted by molar-refractivity contribution is -0.117. The Hall–Kier alpha value is -3.44. The van der Waals surface area contributed by atoms with Crippen LogP contribution in [0.1, 0.15) is 41.0 Å². The number of nitrogens with one attached hydrogen (secondary N) is 1. The van der Waals surface area contributed by atoms with Gasteiger partial charge in [0.25, 0.3) is 0 Å². The molecule has 0 fully saturated rings. The van der Waals surface area contributed by atoms with Crippen LogP contribution in [0.2, 0.25) is 0 Å². The first kappa shape index (κ1) is 27.2. The minimum Gasteiger partial charge on any atom is -0.490 e. The van der Waals surface area contributed by atoms with Crippen LogP contribution in [0.15, 0.2) is 47.5 Å². The number of ether oxygens (including phenoxy) is 2. The highest BCUT2D eigenvalue weighted by atomic mass is 32.2. The molecule has 3 rings (SSSR count). The van der Waals surface area contributed by atoms with Crippen LogP contribution in [0.25, 0.3) is 22.0 Å². The van der Waals surface area contributed by atoms with Gasteiger partial charge in [-0.3, -0.25) is 9.36 Å². The zero-order valence-electron chi connectivity index (χ0n) is 20.8. The summed E-state index contributed by atoms with van der Waals surface area (Å²) in [5.74, 6) is -1.08. The number of carbonyl (C=O) groups excluding carboxylic acids is 2. The zero-order valence-corrected chi connectivity index (χ0v) is 21.6. The predicted molar refractivity (Wildman–Crippen MR) is 134 cm³/mol. The van der Waals surface area contributed by atoms with Crippen LogP contribution in [-0.2, 0) is 19.6 Å². The summed E-state index contributed by atoms with van der Waals surface area (Å²) in [4.78, 5) is 23.7. The van der Waals surface area contributed by atoms with Crippen molar-refractivity contribution in [2.45, 2.75) is 57.6 Å². The van der Waals surface area contributed by atoms with E-state index in [9.17, 15) is 22.4 Å². The fraction of sp³-hybridized carbons (Fsp3) is 0.360. The molecule has 1 aromatic heterocycles. The molecule has 3 N–H and O–H groups in total. The molecule has 0 radical (unpaired) electrons. The molecule has 0 saturated heterocycles. The maximum Gasteiger partial charge on any atom is 0.419 e. The van der Waals surface area contributed by atoms with Crippen LogP contribution in [0.5, 0.6) is 5.75 Å². The molecule has 11 heteroatoms. The number of amides is 1. The molecular weight excluding hydrogens is 489 g/mol. The molecule has 0 aliphatic rings. The van der Waals surface area contributed by atoms with Gasteiger partial charge in [0.2, 0.25) is 15.9 Å². The van der Waals surface area contributed by atoms with E-state index in [0.717, 1.165) is 0 Å². The van der Waals surface area contributed by atoms with Gasteiger partial charge in [-0.2, -0.15) is 0 Å². The Morgan fingerprint density at radius 1 is 1.14 bits per heavy atom. The highest BCUT2D eigenvalue weighted by molar-refractivity contribution is 7.89. The van der Waals surface area contributed by atoms with Crippen LogP contribution in [-0.4, -0.2) is 43.2 Å². The topological polar surface area (TPSA) is 130 Å². The molecule has 2 aromatic carbocycles. The van der Waals surface area contributed by atoms with Gasteiger partial charge in [0, 0.05) is 30.1 Å². The first-order valence-electron chi connectivity index (χ1n) is 11.3. The number of hydrogen-bond acceptors (Lipinski definition) is 6. The van der Waals surface area contributed by atoms with E-state index in [1.807, 2.05) is 0 Å².